The van der Waals surface area contributed by atoms with E-state index < -0.39 is 0 Å². The number of non-ortho nitro benzene ring substituents is 1. The molecule has 2 rings (SSSR count). The van der Waals surface area contributed by atoms with Crippen LogP contribution >= 0.6 is 0 Å². The highest BCUT2D eigenvalue weighted by atomic mass is 16.6. The van der Waals surface area contributed by atoms with E-state index in [4.69, 9.17) is 0 Å². The first-order chi connectivity index (χ1) is 9.97. The minimum absolute atomic E-state index is 0.157. The molecule has 1 fully saturated rings. The highest BCUT2D eigenvalue weighted by Gasteiger charge is 2.19. The molecular formula is C16H25N3O2. The molecule has 0 bridgehead atoms. The number of rotatable bonds is 4. The third-order valence-corrected chi connectivity index (χ3v) is 4.27. The van der Waals surface area contributed by atoms with Crippen molar-refractivity contribution in [2.45, 2.75) is 52.1 Å². The fraction of sp³-hybridized carbons (Fsp3) is 0.625. The van der Waals surface area contributed by atoms with Crippen LogP contribution in [0.5, 0.6) is 0 Å². The quantitative estimate of drug-likeness (QED) is 0.680. The molecule has 1 aliphatic rings. The normalized spacial score (nSPS) is 20.3. The summed E-state index contributed by atoms with van der Waals surface area (Å²) in [5.41, 5.74) is 2.11. The number of likely N-dealkylation sites (tertiary alicyclic amines) is 1. The van der Waals surface area contributed by atoms with Crippen LogP contribution in [0.15, 0.2) is 18.2 Å². The topological polar surface area (TPSA) is 58.4 Å². The SMILES string of the molecule is Cc1cc([N+](=O)[O-])ccc1NC1CCCN(C(C)C)CC1. The summed E-state index contributed by atoms with van der Waals surface area (Å²) in [6.45, 7) is 8.69. The summed E-state index contributed by atoms with van der Waals surface area (Å²) in [4.78, 5) is 13.0. The first kappa shape index (κ1) is 15.8. The van der Waals surface area contributed by atoms with Crippen molar-refractivity contribution in [2.24, 2.45) is 0 Å². The lowest BCUT2D eigenvalue weighted by Gasteiger charge is -2.24. The van der Waals surface area contributed by atoms with Gasteiger partial charge in [-0.05, 0) is 58.2 Å². The fourth-order valence-electron chi connectivity index (χ4n) is 2.92. The molecule has 0 aliphatic carbocycles. The Kier molecular flexibility index (Phi) is 5.17. The number of aryl methyl sites for hydroxylation is 1. The highest BCUT2D eigenvalue weighted by molar-refractivity contribution is 5.55. The van der Waals surface area contributed by atoms with Crippen LogP contribution in [0.25, 0.3) is 0 Å². The second-order valence-electron chi connectivity index (χ2n) is 6.16. The molecule has 1 aromatic rings. The van der Waals surface area contributed by atoms with Crippen molar-refractivity contribution in [2.75, 3.05) is 18.4 Å². The van der Waals surface area contributed by atoms with Gasteiger partial charge in [0.05, 0.1) is 4.92 Å². The van der Waals surface area contributed by atoms with E-state index in [-0.39, 0.29) is 10.6 Å². The lowest BCUT2D eigenvalue weighted by atomic mass is 10.1. The predicted octanol–water partition coefficient (Wildman–Crippen LogP) is 3.58. The molecule has 0 saturated carbocycles. The number of nitrogens with one attached hydrogen (secondary N) is 1. The predicted molar refractivity (Wildman–Crippen MR) is 85.8 cm³/mol. The zero-order valence-corrected chi connectivity index (χ0v) is 13.1. The molecule has 116 valence electrons. The lowest BCUT2D eigenvalue weighted by molar-refractivity contribution is -0.384. The van der Waals surface area contributed by atoms with Gasteiger partial charge in [-0.3, -0.25) is 10.1 Å². The number of nitro groups is 1. The van der Waals surface area contributed by atoms with Gasteiger partial charge in [0, 0.05) is 36.4 Å². The van der Waals surface area contributed by atoms with Crippen molar-refractivity contribution in [1.82, 2.24) is 4.90 Å². The first-order valence-corrected chi connectivity index (χ1v) is 7.73. The third-order valence-electron chi connectivity index (χ3n) is 4.27. The van der Waals surface area contributed by atoms with E-state index in [2.05, 4.69) is 24.1 Å². The summed E-state index contributed by atoms with van der Waals surface area (Å²) < 4.78 is 0. The van der Waals surface area contributed by atoms with Crippen LogP contribution < -0.4 is 5.32 Å². The zero-order chi connectivity index (χ0) is 15.4. The van der Waals surface area contributed by atoms with E-state index >= 15 is 0 Å². The summed E-state index contributed by atoms with van der Waals surface area (Å²) in [7, 11) is 0. The Hall–Kier alpha value is -1.62. The molecule has 5 heteroatoms. The number of benzene rings is 1. The van der Waals surface area contributed by atoms with E-state index in [0.29, 0.717) is 12.1 Å². The molecule has 1 aromatic carbocycles. The maximum absolute atomic E-state index is 10.8. The maximum atomic E-state index is 10.8. The molecule has 1 N–H and O–H groups in total. The Morgan fingerprint density at radius 1 is 1.33 bits per heavy atom. The Morgan fingerprint density at radius 2 is 2.10 bits per heavy atom. The van der Waals surface area contributed by atoms with Gasteiger partial charge in [0.25, 0.3) is 5.69 Å². The van der Waals surface area contributed by atoms with E-state index in [9.17, 15) is 10.1 Å². The molecule has 1 aliphatic heterocycles. The van der Waals surface area contributed by atoms with E-state index in [1.165, 1.54) is 6.42 Å². The largest absolute Gasteiger partial charge is 0.382 e. The number of hydrogen-bond acceptors (Lipinski definition) is 4. The van der Waals surface area contributed by atoms with Crippen LogP contribution in [0, 0.1) is 17.0 Å². The number of hydrogen-bond donors (Lipinski definition) is 1. The van der Waals surface area contributed by atoms with Crippen molar-refractivity contribution in [1.29, 1.82) is 0 Å². The third kappa shape index (κ3) is 4.17. The maximum Gasteiger partial charge on any atom is 0.269 e. The number of anilines is 1. The van der Waals surface area contributed by atoms with Crippen LogP contribution in [0.2, 0.25) is 0 Å². The Morgan fingerprint density at radius 3 is 2.71 bits per heavy atom. The van der Waals surface area contributed by atoms with Crippen LogP contribution in [0.4, 0.5) is 11.4 Å². The van der Waals surface area contributed by atoms with Gasteiger partial charge in [-0.15, -0.1) is 0 Å². The standard InChI is InChI=1S/C16H25N3O2/c1-12(2)18-9-4-5-14(8-10-18)17-16-7-6-15(19(20)21)11-13(16)3/h6-7,11-12,14,17H,4-5,8-10H2,1-3H3. The zero-order valence-electron chi connectivity index (χ0n) is 13.1. The number of nitro benzene ring substituents is 1. The molecule has 0 radical (unpaired) electrons. The van der Waals surface area contributed by atoms with Gasteiger partial charge in [0.1, 0.15) is 0 Å². The number of nitrogens with zero attached hydrogens (tertiary/aromatic N) is 2. The Bertz CT molecular complexity index is 502. The molecule has 1 heterocycles. The van der Waals surface area contributed by atoms with Gasteiger partial charge in [0.2, 0.25) is 0 Å². The summed E-state index contributed by atoms with van der Waals surface area (Å²) in [6, 6.07) is 6.10. The van der Waals surface area contributed by atoms with Gasteiger partial charge in [-0.1, -0.05) is 0 Å². The summed E-state index contributed by atoms with van der Waals surface area (Å²) in [5.74, 6) is 0. The highest BCUT2D eigenvalue weighted by Crippen LogP contribution is 2.24. The van der Waals surface area contributed by atoms with Crippen LogP contribution in [0.3, 0.4) is 0 Å². The van der Waals surface area contributed by atoms with Gasteiger partial charge < -0.3 is 10.2 Å². The fourth-order valence-corrected chi connectivity index (χ4v) is 2.92. The van der Waals surface area contributed by atoms with E-state index in [0.717, 1.165) is 37.2 Å². The second-order valence-corrected chi connectivity index (χ2v) is 6.16. The van der Waals surface area contributed by atoms with Gasteiger partial charge in [-0.2, -0.15) is 0 Å². The Balaban J connectivity index is 2.00. The molecule has 1 saturated heterocycles. The van der Waals surface area contributed by atoms with E-state index in [1.807, 2.05) is 13.0 Å². The molecule has 5 nitrogen and oxygen atoms in total. The van der Waals surface area contributed by atoms with Crippen molar-refractivity contribution in [3.05, 3.63) is 33.9 Å². The molecule has 21 heavy (non-hydrogen) atoms. The second kappa shape index (κ2) is 6.89. The van der Waals surface area contributed by atoms with Gasteiger partial charge in [-0.25, -0.2) is 0 Å². The molecule has 0 amide bonds. The minimum Gasteiger partial charge on any atom is -0.382 e. The van der Waals surface area contributed by atoms with Crippen molar-refractivity contribution in [3.8, 4) is 0 Å². The molecule has 0 aromatic heterocycles. The first-order valence-electron chi connectivity index (χ1n) is 7.73. The average Bonchev–Trinajstić information content (AvgIpc) is 2.66. The van der Waals surface area contributed by atoms with Crippen LogP contribution in [-0.2, 0) is 0 Å². The summed E-state index contributed by atoms with van der Waals surface area (Å²) in [6.07, 6.45) is 3.47. The lowest BCUT2D eigenvalue weighted by Crippen LogP contribution is -2.32. The van der Waals surface area contributed by atoms with Gasteiger partial charge in [0.15, 0.2) is 0 Å². The summed E-state index contributed by atoms with van der Waals surface area (Å²) in [5, 5.41) is 14.3. The monoisotopic (exact) mass is 291 g/mol. The van der Waals surface area contributed by atoms with E-state index in [1.54, 1.807) is 12.1 Å². The van der Waals surface area contributed by atoms with Crippen molar-refractivity contribution in [3.63, 3.8) is 0 Å². The van der Waals surface area contributed by atoms with Crippen LogP contribution in [-0.4, -0.2) is 35.0 Å². The van der Waals surface area contributed by atoms with Crippen molar-refractivity contribution >= 4 is 11.4 Å². The molecule has 1 unspecified atom stereocenters. The molecular weight excluding hydrogens is 266 g/mol. The molecule has 0 spiro atoms. The van der Waals surface area contributed by atoms with Gasteiger partial charge >= 0.3 is 0 Å². The minimum atomic E-state index is -0.344. The van der Waals surface area contributed by atoms with Crippen LogP contribution in [0.1, 0.15) is 38.7 Å². The average molecular weight is 291 g/mol. The summed E-state index contributed by atoms with van der Waals surface area (Å²) >= 11 is 0. The Labute approximate surface area is 126 Å². The smallest absolute Gasteiger partial charge is 0.269 e. The van der Waals surface area contributed by atoms with Crippen molar-refractivity contribution < 1.29 is 4.92 Å². The molecule has 1 atom stereocenters.